The summed E-state index contributed by atoms with van der Waals surface area (Å²) in [5, 5.41) is 4.77. The lowest BCUT2D eigenvalue weighted by molar-refractivity contribution is 1.27. The fourth-order valence-electron chi connectivity index (χ4n) is 6.06. The van der Waals surface area contributed by atoms with Crippen molar-refractivity contribution in [3.63, 3.8) is 0 Å². The zero-order chi connectivity index (χ0) is 29.7. The van der Waals surface area contributed by atoms with Gasteiger partial charge in [-0.15, -0.1) is 0 Å². The quantitative estimate of drug-likeness (QED) is 0.190. The van der Waals surface area contributed by atoms with Crippen LogP contribution < -0.4 is 20.7 Å². The van der Waals surface area contributed by atoms with Gasteiger partial charge in [-0.1, -0.05) is 158 Å². The smallest absolute Gasteiger partial charge is 0.0623 e. The van der Waals surface area contributed by atoms with Crippen molar-refractivity contribution in [2.45, 2.75) is 6.42 Å². The van der Waals surface area contributed by atoms with Crippen molar-refractivity contribution in [1.29, 1.82) is 0 Å². The van der Waals surface area contributed by atoms with E-state index in [4.69, 9.17) is 6.85 Å². The highest BCUT2D eigenvalue weighted by Crippen LogP contribution is 2.36. The SMILES string of the molecule is [2H]c1c([2H])c([2H])c(-c2cccc([Si](c3ccccc3)(c3ccccc3)c3ccc4c(c3)Cc3ccccc3-4)c2)c([2H])c1[2H]. The first-order valence-corrected chi connectivity index (χ1v) is 14.9. The molecular weight excluding hydrogens is 472 g/mol. The molecule has 6 aromatic carbocycles. The fraction of sp³-hybridized carbons (Fsp3) is 0.0270. The maximum Gasteiger partial charge on any atom is 0.179 e. The Morgan fingerprint density at radius 1 is 0.447 bits per heavy atom. The molecule has 0 heterocycles. The van der Waals surface area contributed by atoms with E-state index in [1.807, 2.05) is 24.3 Å². The number of rotatable bonds is 5. The van der Waals surface area contributed by atoms with Gasteiger partial charge in [0.15, 0.2) is 8.07 Å². The van der Waals surface area contributed by atoms with E-state index in [0.717, 1.165) is 11.6 Å². The van der Waals surface area contributed by atoms with Crippen LogP contribution in [-0.2, 0) is 6.42 Å². The maximum atomic E-state index is 8.68. The summed E-state index contributed by atoms with van der Waals surface area (Å²) in [7, 11) is -2.94. The zero-order valence-corrected chi connectivity index (χ0v) is 21.8. The van der Waals surface area contributed by atoms with Gasteiger partial charge in [-0.25, -0.2) is 0 Å². The molecule has 0 radical (unpaired) electrons. The predicted molar refractivity (Wildman–Crippen MR) is 164 cm³/mol. The topological polar surface area (TPSA) is 0 Å². The highest BCUT2D eigenvalue weighted by molar-refractivity contribution is 7.19. The summed E-state index contributed by atoms with van der Waals surface area (Å²) in [6.45, 7) is 0. The first-order valence-electron chi connectivity index (χ1n) is 15.4. The van der Waals surface area contributed by atoms with E-state index >= 15 is 0 Å². The molecule has 180 valence electrons. The Balaban J connectivity index is 1.54. The van der Waals surface area contributed by atoms with Gasteiger partial charge in [-0.3, -0.25) is 0 Å². The molecule has 38 heavy (non-hydrogen) atoms. The largest absolute Gasteiger partial charge is 0.179 e. The van der Waals surface area contributed by atoms with Gasteiger partial charge in [-0.2, -0.15) is 0 Å². The summed E-state index contributed by atoms with van der Waals surface area (Å²) in [6, 6.07) is 43.4. The molecule has 1 aliphatic carbocycles. The molecule has 0 unspecified atom stereocenters. The van der Waals surface area contributed by atoms with Crippen molar-refractivity contribution in [2.75, 3.05) is 0 Å². The van der Waals surface area contributed by atoms with Gasteiger partial charge in [-0.05, 0) is 60.5 Å². The van der Waals surface area contributed by atoms with E-state index in [2.05, 4.69) is 103 Å². The summed E-state index contributed by atoms with van der Waals surface area (Å²) >= 11 is 0. The lowest BCUT2D eigenvalue weighted by Crippen LogP contribution is -2.74. The maximum absolute atomic E-state index is 8.68. The molecule has 0 aliphatic heterocycles. The molecule has 0 N–H and O–H groups in total. The number of hydrogen-bond donors (Lipinski definition) is 0. The molecule has 0 atom stereocenters. The third-order valence-electron chi connectivity index (χ3n) is 7.72. The molecule has 0 aromatic heterocycles. The van der Waals surface area contributed by atoms with Gasteiger partial charge in [0.05, 0.1) is 6.85 Å². The predicted octanol–water partition coefficient (Wildman–Crippen LogP) is 6.30. The van der Waals surface area contributed by atoms with Gasteiger partial charge < -0.3 is 0 Å². The van der Waals surface area contributed by atoms with Crippen LogP contribution in [0.5, 0.6) is 0 Å². The lowest BCUT2D eigenvalue weighted by atomic mass is 10.1. The van der Waals surface area contributed by atoms with Crippen molar-refractivity contribution >= 4 is 28.8 Å². The molecule has 0 saturated carbocycles. The van der Waals surface area contributed by atoms with Crippen LogP contribution in [0.1, 0.15) is 18.0 Å². The Labute approximate surface area is 232 Å². The van der Waals surface area contributed by atoms with Crippen molar-refractivity contribution in [3.8, 4) is 22.3 Å². The van der Waals surface area contributed by atoms with Crippen LogP contribution in [0.15, 0.2) is 158 Å². The molecule has 0 nitrogen and oxygen atoms in total. The summed E-state index contributed by atoms with van der Waals surface area (Å²) in [4.78, 5) is 0. The summed E-state index contributed by atoms with van der Waals surface area (Å²) in [5.41, 5.74) is 6.05. The fourth-order valence-corrected chi connectivity index (χ4v) is 10.9. The second-order valence-corrected chi connectivity index (χ2v) is 13.6. The Hall–Kier alpha value is -4.46. The average Bonchev–Trinajstić information content (AvgIpc) is 3.43. The van der Waals surface area contributed by atoms with Crippen LogP contribution in [0.25, 0.3) is 22.3 Å². The second kappa shape index (κ2) is 9.44. The zero-order valence-electron chi connectivity index (χ0n) is 25.8. The van der Waals surface area contributed by atoms with E-state index in [1.54, 1.807) is 0 Å². The molecule has 6 aromatic rings. The Bertz CT molecular complexity index is 1940. The highest BCUT2D eigenvalue weighted by atomic mass is 28.3. The molecule has 0 bridgehead atoms. The molecule has 0 amide bonds. The van der Waals surface area contributed by atoms with Gasteiger partial charge in [0.1, 0.15) is 0 Å². The van der Waals surface area contributed by atoms with E-state index < -0.39 is 8.07 Å². The molecule has 0 spiro atoms. The van der Waals surface area contributed by atoms with Gasteiger partial charge >= 0.3 is 0 Å². The van der Waals surface area contributed by atoms with Crippen molar-refractivity contribution in [1.82, 2.24) is 0 Å². The van der Waals surface area contributed by atoms with Gasteiger partial charge in [0.25, 0.3) is 0 Å². The van der Waals surface area contributed by atoms with Crippen LogP contribution in [0.4, 0.5) is 0 Å². The standard InChI is InChI=1S/C37H28Si/c1-4-13-28(14-5-1)29-16-12-21-34(26-29)38(32-17-6-2-7-18-32,33-19-8-3-9-20-33)35-23-24-37-31(27-35)25-30-15-10-11-22-36(30)37/h1-24,26-27H,25H2/i1D,4D,5D,13D,14D. The van der Waals surface area contributed by atoms with Crippen LogP contribution in [0.2, 0.25) is 0 Å². The van der Waals surface area contributed by atoms with Crippen LogP contribution in [0, 0.1) is 0 Å². The monoisotopic (exact) mass is 505 g/mol. The lowest BCUT2D eigenvalue weighted by Gasteiger charge is -2.35. The van der Waals surface area contributed by atoms with Crippen LogP contribution in [-0.4, -0.2) is 8.07 Å². The summed E-state index contributed by atoms with van der Waals surface area (Å²) in [5.74, 6) is 0. The second-order valence-electron chi connectivity index (χ2n) is 9.77. The molecule has 7 rings (SSSR count). The number of fused-ring (bicyclic) bond motifs is 3. The third-order valence-corrected chi connectivity index (χ3v) is 12.5. The van der Waals surface area contributed by atoms with E-state index in [1.165, 1.54) is 37.8 Å². The molecule has 1 heteroatoms. The minimum absolute atomic E-state index is 0.190. The summed E-state index contributed by atoms with van der Waals surface area (Å²) < 4.78 is 42.0. The Morgan fingerprint density at radius 3 is 1.79 bits per heavy atom. The third kappa shape index (κ3) is 3.67. The Kier molecular flexibility index (Phi) is 4.45. The molecule has 0 saturated heterocycles. The van der Waals surface area contributed by atoms with Crippen LogP contribution >= 0.6 is 0 Å². The van der Waals surface area contributed by atoms with Crippen LogP contribution in [0.3, 0.4) is 0 Å². The van der Waals surface area contributed by atoms with Gasteiger partial charge in [0, 0.05) is 0 Å². The minimum Gasteiger partial charge on any atom is -0.0623 e. The normalized spacial score (nSPS) is 13.9. The van der Waals surface area contributed by atoms with Crippen molar-refractivity contribution in [3.05, 3.63) is 169 Å². The first kappa shape index (κ1) is 17.9. The molecule has 1 aliphatic rings. The average molecular weight is 506 g/mol. The summed E-state index contributed by atoms with van der Waals surface area (Å²) in [6.07, 6.45) is 0.885. The van der Waals surface area contributed by atoms with E-state index in [0.29, 0.717) is 5.56 Å². The molecular formula is C37H28Si. The number of benzene rings is 6. The van der Waals surface area contributed by atoms with Gasteiger partial charge in [0.2, 0.25) is 0 Å². The minimum atomic E-state index is -2.94. The van der Waals surface area contributed by atoms with E-state index in [9.17, 15) is 0 Å². The van der Waals surface area contributed by atoms with Crippen molar-refractivity contribution < 1.29 is 6.85 Å². The highest BCUT2D eigenvalue weighted by Gasteiger charge is 2.42. The van der Waals surface area contributed by atoms with E-state index in [-0.39, 0.29) is 35.8 Å². The Morgan fingerprint density at radius 2 is 1.05 bits per heavy atom. The van der Waals surface area contributed by atoms with Crippen molar-refractivity contribution in [2.24, 2.45) is 0 Å². The first-order chi connectivity index (χ1) is 20.9. The molecule has 0 fully saturated rings. The number of hydrogen-bond acceptors (Lipinski definition) is 0.